The van der Waals surface area contributed by atoms with Gasteiger partial charge in [-0.2, -0.15) is 0 Å². The number of ether oxygens (including phenoxy) is 1. The van der Waals surface area contributed by atoms with Crippen LogP contribution in [0.25, 0.3) is 0 Å². The molecule has 0 aromatic heterocycles. The Morgan fingerprint density at radius 3 is 2.42 bits per heavy atom. The fraction of sp³-hybridized carbons (Fsp3) is 0.923. The van der Waals surface area contributed by atoms with Gasteiger partial charge in [-0.05, 0) is 31.2 Å². The summed E-state index contributed by atoms with van der Waals surface area (Å²) in [5.74, 6) is -0.0523. The Bertz CT molecular complexity index is 401. The molecule has 0 aliphatic heterocycles. The Balaban J connectivity index is 2.57. The molecule has 1 unspecified atom stereocenters. The van der Waals surface area contributed by atoms with Crippen LogP contribution in [0.3, 0.4) is 0 Å². The minimum atomic E-state index is -3.13. The van der Waals surface area contributed by atoms with E-state index in [4.69, 9.17) is 0 Å². The van der Waals surface area contributed by atoms with Crippen LogP contribution in [0, 0.1) is 5.41 Å². The number of hydrogen-bond donors (Lipinski definition) is 1. The van der Waals surface area contributed by atoms with Crippen molar-refractivity contribution in [3.05, 3.63) is 0 Å². The summed E-state index contributed by atoms with van der Waals surface area (Å²) >= 11 is 0. The first-order valence-corrected chi connectivity index (χ1v) is 8.69. The Morgan fingerprint density at radius 1 is 1.37 bits per heavy atom. The zero-order valence-electron chi connectivity index (χ0n) is 12.1. The third-order valence-electron chi connectivity index (χ3n) is 3.67. The Labute approximate surface area is 116 Å². The zero-order valence-corrected chi connectivity index (χ0v) is 12.9. The van der Waals surface area contributed by atoms with E-state index in [0.29, 0.717) is 0 Å². The molecule has 1 aliphatic carbocycles. The quantitative estimate of drug-likeness (QED) is 0.645. The van der Waals surface area contributed by atoms with Gasteiger partial charge in [-0.1, -0.05) is 13.8 Å². The van der Waals surface area contributed by atoms with Gasteiger partial charge in [-0.25, -0.2) is 8.42 Å². The summed E-state index contributed by atoms with van der Waals surface area (Å²) in [5.41, 5.74) is -0.351. The monoisotopic (exact) mass is 291 g/mol. The van der Waals surface area contributed by atoms with Crippen molar-refractivity contribution < 1.29 is 17.9 Å². The van der Waals surface area contributed by atoms with Crippen molar-refractivity contribution in [1.29, 1.82) is 0 Å². The molecular weight excluding hydrogens is 266 g/mol. The molecule has 0 aromatic rings. The van der Waals surface area contributed by atoms with Crippen LogP contribution in [0.2, 0.25) is 0 Å². The number of nitrogens with one attached hydrogen (secondary N) is 1. The van der Waals surface area contributed by atoms with Gasteiger partial charge in [0.25, 0.3) is 0 Å². The van der Waals surface area contributed by atoms with Crippen LogP contribution >= 0.6 is 0 Å². The van der Waals surface area contributed by atoms with Gasteiger partial charge in [0, 0.05) is 6.04 Å². The summed E-state index contributed by atoms with van der Waals surface area (Å²) in [6, 6.07) is 0.00364. The van der Waals surface area contributed by atoms with E-state index in [0.717, 1.165) is 25.8 Å². The molecule has 1 atom stereocenters. The second kappa shape index (κ2) is 6.70. The van der Waals surface area contributed by atoms with Crippen molar-refractivity contribution in [2.45, 2.75) is 45.6 Å². The molecule has 0 spiro atoms. The summed E-state index contributed by atoms with van der Waals surface area (Å²) in [5, 5.41) is 3.18. The third kappa shape index (κ3) is 5.48. The lowest BCUT2D eigenvalue weighted by molar-refractivity contribution is -0.141. The molecule has 1 rings (SSSR count). The standard InChI is InChI=1S/C13H25NO4S/c1-4-11(14-5-2)9-19(16,17)10-13(6-7-13)8-12(15)18-3/h11,14H,4-10H2,1-3H3. The van der Waals surface area contributed by atoms with E-state index in [2.05, 4.69) is 10.1 Å². The molecule has 1 saturated carbocycles. The molecular formula is C13H25NO4S. The van der Waals surface area contributed by atoms with Crippen molar-refractivity contribution >= 4 is 15.8 Å². The second-order valence-electron chi connectivity index (χ2n) is 5.47. The van der Waals surface area contributed by atoms with Crippen molar-refractivity contribution in [3.8, 4) is 0 Å². The highest BCUT2D eigenvalue weighted by Crippen LogP contribution is 2.50. The van der Waals surface area contributed by atoms with E-state index < -0.39 is 9.84 Å². The lowest BCUT2D eigenvalue weighted by Gasteiger charge is -2.19. The molecule has 0 aromatic carbocycles. The summed E-state index contributed by atoms with van der Waals surface area (Å²) < 4.78 is 29.1. The fourth-order valence-corrected chi connectivity index (χ4v) is 4.78. The Kier molecular flexibility index (Phi) is 5.80. The first-order valence-electron chi connectivity index (χ1n) is 6.87. The molecule has 1 aliphatic rings. The van der Waals surface area contributed by atoms with E-state index in [1.165, 1.54) is 7.11 Å². The molecule has 0 radical (unpaired) electrons. The molecule has 5 nitrogen and oxygen atoms in total. The van der Waals surface area contributed by atoms with Crippen LogP contribution in [0.1, 0.15) is 39.5 Å². The predicted octanol–water partition coefficient (Wildman–Crippen LogP) is 1.13. The van der Waals surface area contributed by atoms with Crippen molar-refractivity contribution in [2.24, 2.45) is 5.41 Å². The molecule has 19 heavy (non-hydrogen) atoms. The topological polar surface area (TPSA) is 72.5 Å². The number of rotatable bonds is 9. The Morgan fingerprint density at radius 2 is 2.00 bits per heavy atom. The minimum Gasteiger partial charge on any atom is -0.469 e. The third-order valence-corrected chi connectivity index (χ3v) is 5.63. The molecule has 112 valence electrons. The van der Waals surface area contributed by atoms with E-state index in [1.807, 2.05) is 13.8 Å². The van der Waals surface area contributed by atoms with Gasteiger partial charge < -0.3 is 10.1 Å². The van der Waals surface area contributed by atoms with Gasteiger partial charge in [-0.3, -0.25) is 4.79 Å². The highest BCUT2D eigenvalue weighted by atomic mass is 32.2. The van der Waals surface area contributed by atoms with Crippen LogP contribution in [0.4, 0.5) is 0 Å². The van der Waals surface area contributed by atoms with Gasteiger partial charge in [-0.15, -0.1) is 0 Å². The lowest BCUT2D eigenvalue weighted by Crippen LogP contribution is -2.37. The van der Waals surface area contributed by atoms with Crippen molar-refractivity contribution in [1.82, 2.24) is 5.32 Å². The Hall–Kier alpha value is -0.620. The number of sulfone groups is 1. The number of methoxy groups -OCH3 is 1. The second-order valence-corrected chi connectivity index (χ2v) is 7.58. The number of esters is 1. The summed E-state index contributed by atoms with van der Waals surface area (Å²) in [7, 11) is -1.80. The van der Waals surface area contributed by atoms with E-state index >= 15 is 0 Å². The van der Waals surface area contributed by atoms with Crippen LogP contribution in [0.5, 0.6) is 0 Å². The maximum absolute atomic E-state index is 12.2. The number of carbonyl (C=O) groups excluding carboxylic acids is 1. The first kappa shape index (κ1) is 16.4. The number of carbonyl (C=O) groups is 1. The van der Waals surface area contributed by atoms with Gasteiger partial charge in [0.05, 0.1) is 25.0 Å². The van der Waals surface area contributed by atoms with Crippen LogP contribution in [-0.2, 0) is 19.4 Å². The maximum atomic E-state index is 12.2. The highest BCUT2D eigenvalue weighted by molar-refractivity contribution is 7.91. The molecule has 6 heteroatoms. The van der Waals surface area contributed by atoms with Crippen LogP contribution < -0.4 is 5.32 Å². The summed E-state index contributed by atoms with van der Waals surface area (Å²) in [6.07, 6.45) is 2.62. The molecule has 1 fully saturated rings. The van der Waals surface area contributed by atoms with E-state index in [-0.39, 0.29) is 35.4 Å². The largest absolute Gasteiger partial charge is 0.469 e. The summed E-state index contributed by atoms with van der Waals surface area (Å²) in [4.78, 5) is 11.3. The molecule has 0 heterocycles. The minimum absolute atomic E-state index is 0.00364. The maximum Gasteiger partial charge on any atom is 0.306 e. The highest BCUT2D eigenvalue weighted by Gasteiger charge is 2.48. The van der Waals surface area contributed by atoms with E-state index in [9.17, 15) is 13.2 Å². The van der Waals surface area contributed by atoms with E-state index in [1.54, 1.807) is 0 Å². The van der Waals surface area contributed by atoms with Crippen molar-refractivity contribution in [3.63, 3.8) is 0 Å². The normalized spacial score (nSPS) is 18.9. The summed E-state index contributed by atoms with van der Waals surface area (Å²) in [6.45, 7) is 4.71. The SMILES string of the molecule is CCNC(CC)CS(=O)(=O)CC1(CC(=O)OC)CC1. The predicted molar refractivity (Wildman–Crippen MR) is 74.7 cm³/mol. The van der Waals surface area contributed by atoms with Crippen LogP contribution in [-0.4, -0.2) is 45.6 Å². The molecule has 0 bridgehead atoms. The number of hydrogen-bond acceptors (Lipinski definition) is 5. The van der Waals surface area contributed by atoms with Gasteiger partial charge in [0.2, 0.25) is 0 Å². The molecule has 0 amide bonds. The van der Waals surface area contributed by atoms with Crippen LogP contribution in [0.15, 0.2) is 0 Å². The fourth-order valence-electron chi connectivity index (χ4n) is 2.37. The average molecular weight is 291 g/mol. The van der Waals surface area contributed by atoms with Gasteiger partial charge in [0.1, 0.15) is 0 Å². The van der Waals surface area contributed by atoms with Gasteiger partial charge >= 0.3 is 5.97 Å². The smallest absolute Gasteiger partial charge is 0.306 e. The lowest BCUT2D eigenvalue weighted by atomic mass is 10.1. The van der Waals surface area contributed by atoms with Gasteiger partial charge in [0.15, 0.2) is 9.84 Å². The molecule has 0 saturated heterocycles. The van der Waals surface area contributed by atoms with Crippen molar-refractivity contribution in [2.75, 3.05) is 25.2 Å². The zero-order chi connectivity index (χ0) is 14.5. The first-order chi connectivity index (χ1) is 8.86. The average Bonchev–Trinajstić information content (AvgIpc) is 3.06. The molecule has 1 N–H and O–H groups in total.